The van der Waals surface area contributed by atoms with Gasteiger partial charge in [0.05, 0.1) is 45.5 Å². The number of phenolic OH excluding ortho intramolecular Hbond substituents is 1. The Labute approximate surface area is 375 Å². The minimum Gasteiger partial charge on any atom is -0.508 e. The molecule has 1 atom stereocenters. The zero-order chi connectivity index (χ0) is 46.4. The maximum Gasteiger partial charge on any atom is 0.262 e. The molecule has 2 heterocycles. The van der Waals surface area contributed by atoms with Crippen LogP contribution in [0.1, 0.15) is 84.4 Å². The van der Waals surface area contributed by atoms with Crippen molar-refractivity contribution >= 4 is 63.8 Å². The van der Waals surface area contributed by atoms with Crippen molar-refractivity contribution in [1.82, 2.24) is 15.6 Å². The van der Waals surface area contributed by atoms with Gasteiger partial charge in [-0.2, -0.15) is 0 Å². The Balaban J connectivity index is 1.05. The summed E-state index contributed by atoms with van der Waals surface area (Å²) in [6.45, 7) is 14.1. The van der Waals surface area contributed by atoms with Gasteiger partial charge in [-0.15, -0.1) is 0 Å². The molecule has 1 aliphatic rings. The van der Waals surface area contributed by atoms with Crippen LogP contribution in [0.4, 0.5) is 17.1 Å². The predicted molar refractivity (Wildman–Crippen MR) is 250 cm³/mol. The second kappa shape index (κ2) is 19.8. The van der Waals surface area contributed by atoms with E-state index in [4.69, 9.17) is 19.6 Å². The SMILES string of the molecule is COc1cccc(Nc2c(C(N)=O)cnc3c(C)cc(S(=O)(=O)c4cccc(C(=O)NCCCCCCNCC(O[Si](C)(C)C(C)(C)C)c5cc(O)cc6c5OCC(=O)N6)c4)cc23)c1. The maximum atomic E-state index is 14.2. The lowest BCUT2D eigenvalue weighted by Crippen LogP contribution is -2.43. The number of amides is 3. The minimum absolute atomic E-state index is 0.0124. The fourth-order valence-corrected chi connectivity index (χ4v) is 9.87. The molecule has 0 radical (unpaired) electrons. The van der Waals surface area contributed by atoms with Crippen molar-refractivity contribution in [3.05, 3.63) is 101 Å². The average molecular weight is 911 g/mol. The number of nitrogens with two attached hydrogens (primary N) is 1. The number of carbonyl (C=O) groups is 3. The second-order valence-electron chi connectivity index (χ2n) is 17.4. The molecular formula is C47H58N6O9SSi. The van der Waals surface area contributed by atoms with Crippen LogP contribution in [0.15, 0.2) is 88.8 Å². The standard InChI is InChI=1S/C47H58N6O9SSi/c1-29-20-35(25-37-42(29)51-26-38(45(48)56)43(37)52-31-15-13-16-33(22-31)60-5)63(58,59)34-17-12-14-30(21-34)46(57)50-19-11-9-8-10-18-49-27-40(62-64(6,7)47(2,3)4)36-23-32(54)24-39-44(36)61-28-41(55)53-39/h12-17,20-26,40,49,54H,8-11,18-19,27-28H2,1-7H3,(H2,48,56)(H,50,57)(H,51,52)(H,53,55). The van der Waals surface area contributed by atoms with E-state index in [0.29, 0.717) is 70.2 Å². The highest BCUT2D eigenvalue weighted by atomic mass is 32.2. The topological polar surface area (TPSA) is 220 Å². The molecule has 1 unspecified atom stereocenters. The Hall–Kier alpha value is -6.01. The van der Waals surface area contributed by atoms with Gasteiger partial charge in [-0.25, -0.2) is 8.42 Å². The molecule has 0 saturated heterocycles. The largest absolute Gasteiger partial charge is 0.508 e. The Morgan fingerprint density at radius 2 is 1.72 bits per heavy atom. The summed E-state index contributed by atoms with van der Waals surface area (Å²) in [7, 11) is -4.87. The maximum absolute atomic E-state index is 14.2. The molecule has 4 aromatic carbocycles. The molecule has 0 bridgehead atoms. The van der Waals surface area contributed by atoms with Gasteiger partial charge in [0.15, 0.2) is 14.9 Å². The smallest absolute Gasteiger partial charge is 0.262 e. The van der Waals surface area contributed by atoms with Crippen LogP contribution < -0.4 is 36.5 Å². The van der Waals surface area contributed by atoms with Crippen LogP contribution in [-0.4, -0.2) is 77.9 Å². The number of phenols is 1. The number of ether oxygens (including phenoxy) is 2. The van der Waals surface area contributed by atoms with Crippen LogP contribution in [0.2, 0.25) is 18.1 Å². The third kappa shape index (κ3) is 11.0. The average Bonchev–Trinajstić information content (AvgIpc) is 3.24. The summed E-state index contributed by atoms with van der Waals surface area (Å²) < 4.78 is 46.3. The lowest BCUT2D eigenvalue weighted by Gasteiger charge is -2.40. The third-order valence-electron chi connectivity index (χ3n) is 11.7. The molecule has 17 heteroatoms. The molecule has 340 valence electrons. The highest BCUT2D eigenvalue weighted by Crippen LogP contribution is 2.44. The number of aromatic hydroxyl groups is 1. The molecule has 5 aromatic rings. The van der Waals surface area contributed by atoms with Crippen molar-refractivity contribution in [3.8, 4) is 17.2 Å². The van der Waals surface area contributed by atoms with Crippen LogP contribution in [0, 0.1) is 6.92 Å². The first kappa shape index (κ1) is 47.5. The molecule has 7 N–H and O–H groups in total. The quantitative estimate of drug-likeness (QED) is 0.0344. The van der Waals surface area contributed by atoms with E-state index in [1.165, 1.54) is 49.7 Å². The second-order valence-corrected chi connectivity index (χ2v) is 24.1. The van der Waals surface area contributed by atoms with Crippen LogP contribution in [0.25, 0.3) is 10.9 Å². The summed E-state index contributed by atoms with van der Waals surface area (Å²) in [5.41, 5.74) is 9.05. The van der Waals surface area contributed by atoms with Crippen molar-refractivity contribution in [3.63, 3.8) is 0 Å². The molecule has 0 saturated carbocycles. The molecule has 3 amide bonds. The molecule has 0 fully saturated rings. The van der Waals surface area contributed by atoms with Crippen molar-refractivity contribution in [2.45, 2.75) is 87.4 Å². The fourth-order valence-electron chi connectivity index (χ4n) is 7.18. The Morgan fingerprint density at radius 1 is 0.984 bits per heavy atom. The zero-order valence-electron chi connectivity index (χ0n) is 37.4. The van der Waals surface area contributed by atoms with Crippen LogP contribution in [0.5, 0.6) is 17.2 Å². The van der Waals surface area contributed by atoms with Gasteiger partial charge in [0.25, 0.3) is 17.7 Å². The monoisotopic (exact) mass is 910 g/mol. The molecule has 1 aliphatic heterocycles. The van der Waals surface area contributed by atoms with Crippen molar-refractivity contribution in [2.24, 2.45) is 5.73 Å². The van der Waals surface area contributed by atoms with E-state index in [0.717, 1.165) is 25.7 Å². The highest BCUT2D eigenvalue weighted by Gasteiger charge is 2.40. The molecule has 1 aromatic heterocycles. The van der Waals surface area contributed by atoms with Gasteiger partial charge in [0, 0.05) is 53.6 Å². The number of pyridine rings is 1. The number of hydrogen-bond donors (Lipinski definition) is 6. The summed E-state index contributed by atoms with van der Waals surface area (Å²) in [5.74, 6) is -0.322. The molecule has 64 heavy (non-hydrogen) atoms. The van der Waals surface area contributed by atoms with Gasteiger partial charge in [-0.1, -0.05) is 45.7 Å². The molecule has 0 aliphatic carbocycles. The van der Waals surface area contributed by atoms with E-state index in [-0.39, 0.29) is 50.1 Å². The Morgan fingerprint density at radius 3 is 2.44 bits per heavy atom. The third-order valence-corrected chi connectivity index (χ3v) is 17.9. The molecular weight excluding hydrogens is 853 g/mol. The summed E-state index contributed by atoms with van der Waals surface area (Å²) in [4.78, 5) is 42.2. The summed E-state index contributed by atoms with van der Waals surface area (Å²) in [5, 5.41) is 23.3. The van der Waals surface area contributed by atoms with Gasteiger partial charge < -0.3 is 46.0 Å². The van der Waals surface area contributed by atoms with E-state index in [1.807, 2.05) is 0 Å². The number of fused-ring (bicyclic) bond motifs is 2. The van der Waals surface area contributed by atoms with E-state index in [9.17, 15) is 27.9 Å². The fraction of sp³-hybridized carbons (Fsp3) is 0.362. The van der Waals surface area contributed by atoms with Crippen molar-refractivity contribution < 1.29 is 41.8 Å². The number of unbranched alkanes of at least 4 members (excludes halogenated alkanes) is 3. The summed E-state index contributed by atoms with van der Waals surface area (Å²) in [6.07, 6.45) is 4.30. The normalized spacial score (nSPS) is 13.4. The number of primary amides is 1. The molecule has 6 rings (SSSR count). The number of nitrogens with one attached hydrogen (secondary N) is 4. The van der Waals surface area contributed by atoms with Gasteiger partial charge >= 0.3 is 0 Å². The van der Waals surface area contributed by atoms with E-state index < -0.39 is 30.2 Å². The first-order chi connectivity index (χ1) is 30.3. The van der Waals surface area contributed by atoms with E-state index in [1.54, 1.807) is 43.3 Å². The first-order valence-electron chi connectivity index (χ1n) is 21.2. The van der Waals surface area contributed by atoms with Gasteiger partial charge in [0.1, 0.15) is 17.2 Å². The van der Waals surface area contributed by atoms with Crippen molar-refractivity contribution in [1.29, 1.82) is 0 Å². The number of rotatable bonds is 19. The molecule has 15 nitrogen and oxygen atoms in total. The number of aromatic nitrogens is 1. The van der Waals surface area contributed by atoms with Crippen LogP contribution in [-0.2, 0) is 19.1 Å². The van der Waals surface area contributed by atoms with Gasteiger partial charge in [0.2, 0.25) is 9.84 Å². The Bertz CT molecular complexity index is 2670. The first-order valence-corrected chi connectivity index (χ1v) is 25.6. The molecule has 0 spiro atoms. The lowest BCUT2D eigenvalue weighted by atomic mass is 10.0. The van der Waals surface area contributed by atoms with E-state index >= 15 is 0 Å². The number of nitrogens with zero attached hydrogens (tertiary/aromatic N) is 1. The Kier molecular flexibility index (Phi) is 14.7. The van der Waals surface area contributed by atoms with Crippen LogP contribution in [0.3, 0.4) is 0 Å². The summed E-state index contributed by atoms with van der Waals surface area (Å²) in [6, 6.07) is 19.1. The number of carbonyl (C=O) groups excluding carboxylic acids is 3. The van der Waals surface area contributed by atoms with Crippen molar-refractivity contribution in [2.75, 3.05) is 44.0 Å². The number of aryl methyl sites for hydroxylation is 1. The zero-order valence-corrected chi connectivity index (χ0v) is 39.2. The minimum atomic E-state index is -4.14. The number of sulfone groups is 1. The summed E-state index contributed by atoms with van der Waals surface area (Å²) >= 11 is 0. The lowest BCUT2D eigenvalue weighted by molar-refractivity contribution is -0.118. The van der Waals surface area contributed by atoms with Crippen LogP contribution >= 0.6 is 0 Å². The van der Waals surface area contributed by atoms with E-state index in [2.05, 4.69) is 60.1 Å². The number of methoxy groups -OCH3 is 1. The number of anilines is 3. The van der Waals surface area contributed by atoms with Gasteiger partial charge in [-0.05, 0) is 98.5 Å². The predicted octanol–water partition coefficient (Wildman–Crippen LogP) is 7.91. The highest BCUT2D eigenvalue weighted by molar-refractivity contribution is 7.91. The number of benzene rings is 4. The number of hydrogen-bond acceptors (Lipinski definition) is 12. The van der Waals surface area contributed by atoms with Gasteiger partial charge in [-0.3, -0.25) is 19.4 Å².